The zero-order valence-corrected chi connectivity index (χ0v) is 17.0. The van der Waals surface area contributed by atoms with Crippen LogP contribution in [-0.4, -0.2) is 22.5 Å². The molecule has 1 aliphatic heterocycles. The SMILES string of the molecule is CC(C)N1c2cc(C#Cc3ccc(C(=O)O)cc3)ccc2C(C)(C)CC1S. The van der Waals surface area contributed by atoms with Crippen molar-refractivity contribution in [2.24, 2.45) is 0 Å². The number of carbonyl (C=O) groups is 1. The predicted octanol–water partition coefficient (Wildman–Crippen LogP) is 4.94. The number of thiol groups is 1. The van der Waals surface area contributed by atoms with Crippen molar-refractivity contribution in [3.63, 3.8) is 0 Å². The third kappa shape index (κ3) is 3.99. The summed E-state index contributed by atoms with van der Waals surface area (Å²) in [5, 5.41) is 9.16. The number of anilines is 1. The van der Waals surface area contributed by atoms with Crippen LogP contribution < -0.4 is 4.90 Å². The van der Waals surface area contributed by atoms with E-state index in [-0.39, 0.29) is 16.4 Å². The van der Waals surface area contributed by atoms with Gasteiger partial charge in [0.05, 0.1) is 10.9 Å². The molecule has 2 aromatic carbocycles. The van der Waals surface area contributed by atoms with E-state index in [1.165, 1.54) is 11.3 Å². The third-order valence-corrected chi connectivity index (χ3v) is 5.49. The zero-order valence-electron chi connectivity index (χ0n) is 16.2. The molecular weight excluding hydrogens is 354 g/mol. The van der Waals surface area contributed by atoms with Crippen LogP contribution in [0.5, 0.6) is 0 Å². The van der Waals surface area contributed by atoms with Gasteiger partial charge >= 0.3 is 5.97 Å². The molecule has 1 aliphatic rings. The van der Waals surface area contributed by atoms with Crippen LogP contribution in [0.25, 0.3) is 0 Å². The molecule has 4 heteroatoms. The van der Waals surface area contributed by atoms with Crippen LogP contribution in [0.15, 0.2) is 42.5 Å². The summed E-state index contributed by atoms with van der Waals surface area (Å²) in [5.74, 6) is 5.41. The highest BCUT2D eigenvalue weighted by atomic mass is 32.1. The Bertz CT molecular complexity index is 920. The topological polar surface area (TPSA) is 40.5 Å². The van der Waals surface area contributed by atoms with Gasteiger partial charge in [-0.25, -0.2) is 4.79 Å². The Labute approximate surface area is 166 Å². The molecule has 1 heterocycles. The lowest BCUT2D eigenvalue weighted by atomic mass is 9.77. The summed E-state index contributed by atoms with van der Waals surface area (Å²) in [4.78, 5) is 13.3. The number of rotatable bonds is 2. The Morgan fingerprint density at radius 1 is 1.15 bits per heavy atom. The fourth-order valence-electron chi connectivity index (χ4n) is 3.68. The Hall–Kier alpha value is -2.38. The number of carboxylic acids is 1. The second-order valence-electron chi connectivity index (χ2n) is 7.93. The number of hydrogen-bond acceptors (Lipinski definition) is 3. The Balaban J connectivity index is 1.97. The minimum atomic E-state index is -0.929. The van der Waals surface area contributed by atoms with Gasteiger partial charge in [-0.2, -0.15) is 12.6 Å². The molecule has 0 amide bonds. The van der Waals surface area contributed by atoms with Crippen LogP contribution in [0.3, 0.4) is 0 Å². The lowest BCUT2D eigenvalue weighted by Gasteiger charge is -2.46. The van der Waals surface area contributed by atoms with E-state index in [0.717, 1.165) is 17.5 Å². The summed E-state index contributed by atoms with van der Waals surface area (Å²) in [7, 11) is 0. The maximum atomic E-state index is 10.9. The molecule has 3 rings (SSSR count). The van der Waals surface area contributed by atoms with Crippen molar-refractivity contribution in [1.82, 2.24) is 0 Å². The van der Waals surface area contributed by atoms with Crippen molar-refractivity contribution in [1.29, 1.82) is 0 Å². The predicted molar refractivity (Wildman–Crippen MR) is 114 cm³/mol. The first-order chi connectivity index (χ1) is 12.7. The van der Waals surface area contributed by atoms with Gasteiger partial charge in [0.2, 0.25) is 0 Å². The van der Waals surface area contributed by atoms with Gasteiger partial charge in [0.1, 0.15) is 0 Å². The maximum absolute atomic E-state index is 10.9. The van der Waals surface area contributed by atoms with Crippen molar-refractivity contribution in [3.8, 4) is 11.8 Å². The van der Waals surface area contributed by atoms with Crippen molar-refractivity contribution in [2.45, 2.75) is 50.9 Å². The first kappa shape index (κ1) is 19.4. The van der Waals surface area contributed by atoms with Crippen LogP contribution in [0.4, 0.5) is 5.69 Å². The Morgan fingerprint density at radius 2 is 1.74 bits per heavy atom. The van der Waals surface area contributed by atoms with E-state index < -0.39 is 5.97 Å². The Morgan fingerprint density at radius 3 is 2.33 bits per heavy atom. The molecule has 0 radical (unpaired) electrons. The average molecular weight is 380 g/mol. The van der Waals surface area contributed by atoms with Crippen molar-refractivity contribution >= 4 is 24.3 Å². The number of fused-ring (bicyclic) bond motifs is 1. The molecular formula is C23H25NO2S. The molecule has 0 saturated heterocycles. The highest BCUT2D eigenvalue weighted by Gasteiger charge is 2.36. The van der Waals surface area contributed by atoms with Gasteiger partial charge < -0.3 is 10.0 Å². The minimum Gasteiger partial charge on any atom is -0.478 e. The summed E-state index contributed by atoms with van der Waals surface area (Å²) >= 11 is 4.85. The van der Waals surface area contributed by atoms with Crippen molar-refractivity contribution < 1.29 is 9.90 Å². The molecule has 1 unspecified atom stereocenters. The van der Waals surface area contributed by atoms with Crippen LogP contribution in [0.2, 0.25) is 0 Å². The molecule has 0 spiro atoms. The van der Waals surface area contributed by atoms with Crippen molar-refractivity contribution in [2.75, 3.05) is 4.90 Å². The van der Waals surface area contributed by atoms with E-state index in [1.54, 1.807) is 24.3 Å². The van der Waals surface area contributed by atoms with E-state index in [9.17, 15) is 4.79 Å². The molecule has 1 atom stereocenters. The number of aromatic carboxylic acids is 1. The van der Waals surface area contributed by atoms with Gasteiger partial charge in [-0.1, -0.05) is 31.8 Å². The van der Waals surface area contributed by atoms with Crippen LogP contribution in [0.1, 0.15) is 61.2 Å². The molecule has 3 nitrogen and oxygen atoms in total. The molecule has 0 bridgehead atoms. The average Bonchev–Trinajstić information content (AvgIpc) is 2.59. The summed E-state index contributed by atoms with van der Waals surface area (Å²) < 4.78 is 0. The van der Waals surface area contributed by atoms with Gasteiger partial charge in [0.25, 0.3) is 0 Å². The quantitative estimate of drug-likeness (QED) is 0.574. The number of benzene rings is 2. The maximum Gasteiger partial charge on any atom is 0.335 e. The van der Waals surface area contributed by atoms with Crippen LogP contribution in [-0.2, 0) is 5.41 Å². The first-order valence-electron chi connectivity index (χ1n) is 9.15. The molecule has 1 N–H and O–H groups in total. The standard InChI is InChI=1S/C23H25NO2S/c1-15(2)24-20-13-17(9-12-19(20)23(3,4)14-21(24)27)6-5-16-7-10-18(11-8-16)22(25)26/h7-13,15,21,27H,14H2,1-4H3,(H,25,26). The largest absolute Gasteiger partial charge is 0.478 e. The number of carboxylic acid groups (broad SMARTS) is 1. The van der Waals surface area contributed by atoms with Crippen molar-refractivity contribution in [3.05, 3.63) is 64.7 Å². The highest BCUT2D eigenvalue weighted by Crippen LogP contribution is 2.44. The third-order valence-electron chi connectivity index (χ3n) is 5.06. The van der Waals surface area contributed by atoms with E-state index in [0.29, 0.717) is 6.04 Å². The highest BCUT2D eigenvalue weighted by molar-refractivity contribution is 7.81. The molecule has 140 valence electrons. The summed E-state index contributed by atoms with van der Waals surface area (Å²) in [6, 6.07) is 13.4. The lowest BCUT2D eigenvalue weighted by molar-refractivity contribution is 0.0697. The summed E-state index contributed by atoms with van der Waals surface area (Å²) in [6.45, 7) is 8.91. The van der Waals surface area contributed by atoms with Crippen LogP contribution in [0, 0.1) is 11.8 Å². The zero-order chi connectivity index (χ0) is 19.8. The normalized spacial score (nSPS) is 17.9. The van der Waals surface area contributed by atoms with E-state index in [2.05, 4.69) is 62.6 Å². The first-order valence-corrected chi connectivity index (χ1v) is 9.67. The van der Waals surface area contributed by atoms with E-state index >= 15 is 0 Å². The van der Waals surface area contributed by atoms with E-state index in [4.69, 9.17) is 17.7 Å². The molecule has 0 saturated carbocycles. The smallest absolute Gasteiger partial charge is 0.335 e. The monoisotopic (exact) mass is 379 g/mol. The molecule has 2 aromatic rings. The second-order valence-corrected chi connectivity index (χ2v) is 8.53. The van der Waals surface area contributed by atoms with Gasteiger partial charge in [0.15, 0.2) is 0 Å². The number of nitrogens with zero attached hydrogens (tertiary/aromatic N) is 1. The van der Waals surface area contributed by atoms with Crippen LogP contribution >= 0.6 is 12.6 Å². The molecule has 0 fully saturated rings. The van der Waals surface area contributed by atoms with Gasteiger partial charge in [-0.3, -0.25) is 0 Å². The Kier molecular flexibility index (Phi) is 5.26. The second kappa shape index (κ2) is 7.32. The van der Waals surface area contributed by atoms with Gasteiger partial charge in [-0.15, -0.1) is 0 Å². The van der Waals surface area contributed by atoms with Gasteiger partial charge in [-0.05, 0) is 67.6 Å². The molecule has 27 heavy (non-hydrogen) atoms. The minimum absolute atomic E-state index is 0.0752. The summed E-state index contributed by atoms with van der Waals surface area (Å²) in [5.41, 5.74) is 4.62. The fraction of sp³-hybridized carbons (Fsp3) is 0.348. The molecule has 0 aromatic heterocycles. The molecule has 0 aliphatic carbocycles. The number of hydrogen-bond donors (Lipinski definition) is 2. The fourth-order valence-corrected chi connectivity index (χ4v) is 4.53. The van der Waals surface area contributed by atoms with Gasteiger partial charge in [0, 0.05) is 22.9 Å². The van der Waals surface area contributed by atoms with E-state index in [1.807, 2.05) is 0 Å². The lowest BCUT2D eigenvalue weighted by Crippen LogP contribution is -2.46. The summed E-state index contributed by atoms with van der Waals surface area (Å²) in [6.07, 6.45) is 1.00.